The molecule has 0 saturated carbocycles. The van der Waals surface area contributed by atoms with Crippen molar-refractivity contribution >= 4 is 107 Å². The number of aliphatic hydroxyl groups is 6. The van der Waals surface area contributed by atoms with Gasteiger partial charge in [-0.3, -0.25) is 46.0 Å². The van der Waals surface area contributed by atoms with Gasteiger partial charge in [0.15, 0.2) is 49.2 Å². The minimum absolute atomic E-state index is 0.130. The van der Waals surface area contributed by atoms with E-state index in [0.717, 1.165) is 27.9 Å². The van der Waals surface area contributed by atoms with Gasteiger partial charge in [-0.25, -0.2) is 43.1 Å². The minimum Gasteiger partial charge on any atom is -0.502 e. The van der Waals surface area contributed by atoms with Gasteiger partial charge in [-0.2, -0.15) is 67.3 Å². The number of methoxy groups -OCH3 is 3. The first-order chi connectivity index (χ1) is 48.7. The summed E-state index contributed by atoms with van der Waals surface area (Å²) < 4.78 is 374. The zero-order valence-electron chi connectivity index (χ0n) is 54.8. The van der Waals surface area contributed by atoms with Crippen LogP contribution in [0.2, 0.25) is 0 Å². The van der Waals surface area contributed by atoms with Crippen LogP contribution in [-0.2, 0) is 193 Å². The highest BCUT2D eigenvalue weighted by Gasteiger charge is 2.61. The normalized spacial score (nSPS) is 32.1. The Bertz CT molecular complexity index is 4020. The Hall–Kier alpha value is -4.22. The van der Waals surface area contributed by atoms with Crippen molar-refractivity contribution in [2.75, 3.05) is 47.8 Å². The second-order valence-electron chi connectivity index (χ2n) is 22.1. The largest absolute Gasteiger partial charge is 0.502 e. The first-order valence-electron chi connectivity index (χ1n) is 28.7. The van der Waals surface area contributed by atoms with E-state index >= 15 is 0 Å². The van der Waals surface area contributed by atoms with Crippen molar-refractivity contribution in [3.63, 3.8) is 0 Å². The predicted octanol–water partition coefficient (Wildman–Crippen LogP) is -11.1. The molecule has 4 rings (SSSR count). The van der Waals surface area contributed by atoms with E-state index in [1.54, 1.807) is 0 Å². The van der Waals surface area contributed by atoms with Crippen LogP contribution in [0.5, 0.6) is 0 Å². The zero-order valence-corrected chi connectivity index (χ0v) is 61.3. The molecule has 0 spiro atoms. The van der Waals surface area contributed by atoms with Gasteiger partial charge >= 0.3 is 95.1 Å². The summed E-state index contributed by atoms with van der Waals surface area (Å²) in [4.78, 5) is 53.2. The second-order valence-corrected chi connectivity index (χ2v) is 30.6. The molecule has 4 heterocycles. The number of esters is 2. The summed E-state index contributed by atoms with van der Waals surface area (Å²) >= 11 is 0. The summed E-state index contributed by atoms with van der Waals surface area (Å²) in [7, 11) is -45.2. The van der Waals surface area contributed by atoms with Crippen molar-refractivity contribution in [1.29, 1.82) is 0 Å². The molecule has 4 saturated heterocycles. The lowest BCUT2D eigenvalue weighted by Crippen LogP contribution is -2.70. The summed E-state index contributed by atoms with van der Waals surface area (Å²) in [5.74, 6) is -7.93. The Kier molecular flexibility index (Phi) is 34.3. The van der Waals surface area contributed by atoms with E-state index in [4.69, 9.17) is 56.3 Å². The van der Waals surface area contributed by atoms with Crippen LogP contribution in [0.25, 0.3) is 0 Å². The Labute approximate surface area is 605 Å². The first-order valence-corrected chi connectivity index (χ1v) is 39.6. The summed E-state index contributed by atoms with van der Waals surface area (Å²) in [6, 6.07) is -4.86. The lowest BCUT2D eigenvalue weighted by atomic mass is 9.94. The van der Waals surface area contributed by atoms with Crippen molar-refractivity contribution < 1.29 is 244 Å². The number of carbonyl (C=O) groups excluding carboxylic acids is 4. The number of nitrogens with one attached hydrogen (secondary N) is 2. The van der Waals surface area contributed by atoms with Crippen LogP contribution in [0.3, 0.4) is 0 Å². The fourth-order valence-electron chi connectivity index (χ4n) is 10.2. The maximum absolute atomic E-state index is 14.4. The van der Waals surface area contributed by atoms with E-state index < -0.39 is 298 Å². The van der Waals surface area contributed by atoms with Crippen LogP contribution in [-0.4, -0.2) is 365 Å². The summed E-state index contributed by atoms with van der Waals surface area (Å²) in [5.41, 5.74) is 0. The highest BCUT2D eigenvalue weighted by molar-refractivity contribution is 7.82. The van der Waals surface area contributed by atoms with Gasteiger partial charge in [-0.05, 0) is 19.9 Å². The molecular formula is C43H72N2O54S8. The van der Waals surface area contributed by atoms with Crippen LogP contribution in [0.4, 0.5) is 0 Å². The Morgan fingerprint density at radius 2 is 0.953 bits per heavy atom. The maximum atomic E-state index is 14.4. The molecule has 4 aliphatic rings. The molecule has 26 atom stereocenters. The molecule has 64 heteroatoms. The molecule has 4 aliphatic heterocycles. The van der Waals surface area contributed by atoms with Crippen molar-refractivity contribution in [1.82, 2.24) is 10.6 Å². The SMILES string of the molecule is COCC(NC(C)=O)[C@@H](O[C@@H]1OC(C(=O)OC)[C@@H](O[C@@H]2OC(COS(=O)(=O)O)[C@H](OS(=O)(=O)O)[C@H](OCC(O)[C@H](/C=C(\O)C(=O)OC)O[C@@H]3OC(C)[C@@H](OS(=O)(=O)O)[C@H](O)C3OS(=O)(=O)O)C2NC(C)=O)C(O[C@@H]2OC(C)[C@@H](OS(=O)(=O)O)[C@H](O)C2OS(=O)(=O)O)[C@@H]1O)[C@@H](OS(=O)(=O)O)C(O)COS(=O)(=O)O. The summed E-state index contributed by atoms with van der Waals surface area (Å²) in [5, 5.41) is 73.3. The second kappa shape index (κ2) is 38.5. The fourth-order valence-corrected chi connectivity index (χ4v) is 13.9. The number of rotatable bonds is 40. The summed E-state index contributed by atoms with van der Waals surface area (Å²) in [6.45, 7) is -3.65. The Morgan fingerprint density at radius 1 is 0.477 bits per heavy atom. The molecule has 0 aromatic heterocycles. The number of hydrogen-bond donors (Lipinski definition) is 16. The van der Waals surface area contributed by atoms with Gasteiger partial charge in [0.2, 0.25) is 11.8 Å². The monoisotopic (exact) mass is 1740 g/mol. The van der Waals surface area contributed by atoms with E-state index in [1.165, 1.54) is 0 Å². The molecule has 11 unspecified atom stereocenters. The third kappa shape index (κ3) is 30.7. The van der Waals surface area contributed by atoms with Gasteiger partial charge in [0.25, 0.3) is 0 Å². The van der Waals surface area contributed by atoms with Crippen molar-refractivity contribution in [2.45, 2.75) is 187 Å². The number of amides is 2. The van der Waals surface area contributed by atoms with Crippen molar-refractivity contribution in [3.8, 4) is 0 Å². The molecule has 107 heavy (non-hydrogen) atoms. The maximum Gasteiger partial charge on any atom is 0.397 e. The van der Waals surface area contributed by atoms with Crippen LogP contribution in [0.15, 0.2) is 11.8 Å². The number of ether oxygens (including phenoxy) is 12. The van der Waals surface area contributed by atoms with Gasteiger partial charge in [0.05, 0.1) is 58.9 Å². The van der Waals surface area contributed by atoms with Crippen molar-refractivity contribution in [2.24, 2.45) is 0 Å². The lowest BCUT2D eigenvalue weighted by molar-refractivity contribution is -0.378. The van der Waals surface area contributed by atoms with Crippen molar-refractivity contribution in [3.05, 3.63) is 11.8 Å². The highest BCUT2D eigenvalue weighted by Crippen LogP contribution is 2.39. The van der Waals surface area contributed by atoms with Gasteiger partial charge in [-0.15, -0.1) is 0 Å². The average molecular weight is 1740 g/mol. The summed E-state index contributed by atoms with van der Waals surface area (Å²) in [6.07, 6.45) is -67.5. The van der Waals surface area contributed by atoms with Crippen LogP contribution < -0.4 is 10.6 Å². The fraction of sp³-hybridized carbons (Fsp3) is 0.860. The number of aliphatic hydroxyl groups excluding tert-OH is 6. The van der Waals surface area contributed by atoms with Crippen LogP contribution >= 0.6 is 0 Å². The Morgan fingerprint density at radius 3 is 1.40 bits per heavy atom. The molecule has 2 amide bonds. The highest BCUT2D eigenvalue weighted by atomic mass is 32.3. The average Bonchev–Trinajstić information content (AvgIpc) is 0.762. The Balaban J connectivity index is 2.14. The molecule has 16 N–H and O–H groups in total. The predicted molar refractivity (Wildman–Crippen MR) is 321 cm³/mol. The third-order valence-corrected chi connectivity index (χ3v) is 17.9. The first kappa shape index (κ1) is 95.2. The molecule has 0 aliphatic carbocycles. The molecule has 0 radical (unpaired) electrons. The molecule has 0 aromatic carbocycles. The smallest absolute Gasteiger partial charge is 0.397 e. The van der Waals surface area contributed by atoms with E-state index in [-0.39, 0.29) is 6.08 Å². The van der Waals surface area contributed by atoms with E-state index in [2.05, 4.69) is 39.3 Å². The van der Waals surface area contributed by atoms with Crippen LogP contribution in [0, 0.1) is 0 Å². The van der Waals surface area contributed by atoms with Gasteiger partial charge in [-0.1, -0.05) is 0 Å². The molecule has 56 nitrogen and oxygen atoms in total. The molecule has 0 aromatic rings. The van der Waals surface area contributed by atoms with E-state index in [9.17, 15) is 154 Å². The standard InChI is InChI=1S/C43H72N2O54S8/c1-13-27(94-102(62,63)64)24(51)34(98-106(74,75)76)42(86-13)88-21(8-18(48)38(54)81-6)19(49)10-83-32-23(45-16(4)47)40(89-22(12-85-101(59,60)61)31(32)97-105(71,72)73)92-36-33(91-43-35(99-107(77,78)79)25(52)28(14(2)87-43)95-103(65,66)67)26(53)41(93-37(36)39(55)82-7)90-29(17(9-80-5)44-15(3)46)30(96-104(68,69)70)20(50)11-84-100(56,57)58/h8,13-14,17,19-37,40-43,48-53H,9-12H2,1-7H3,(H,44,46)(H,45,47)(H,56,57,58)(H,59,60,61)(H,62,63,64)(H,65,66,67)(H,68,69,70)(H,71,72,73)(H,74,75,76)(H,77,78,79)/b18-8-/t13?,14?,17?,19?,20?,21-,22?,23?,24-,25-,26-,27+,28+,29+,30-,31-,32+,33?,34?,35?,36-,37?,40-,41+,42-,43-/m0/s1. The van der Waals surface area contributed by atoms with Crippen LogP contribution in [0.1, 0.15) is 27.7 Å². The number of carbonyl (C=O) groups is 4. The van der Waals surface area contributed by atoms with Gasteiger partial charge in [0, 0.05) is 21.0 Å². The zero-order chi connectivity index (χ0) is 82.0. The molecular weight excluding hydrogens is 1660 g/mol. The lowest BCUT2D eigenvalue weighted by Gasteiger charge is -2.50. The molecule has 0 bridgehead atoms. The van der Waals surface area contributed by atoms with Gasteiger partial charge in [0.1, 0.15) is 97.6 Å². The molecule has 4 fully saturated rings. The van der Waals surface area contributed by atoms with E-state index in [0.29, 0.717) is 21.1 Å². The molecule has 626 valence electrons. The van der Waals surface area contributed by atoms with E-state index in [1.807, 2.05) is 5.32 Å². The minimum atomic E-state index is -6.16. The third-order valence-electron chi connectivity index (χ3n) is 14.2. The number of hydrogen-bond acceptors (Lipinski definition) is 46. The quantitative estimate of drug-likeness (QED) is 0.0117. The van der Waals surface area contributed by atoms with Gasteiger partial charge < -0.3 is 98.1 Å². The topological polar surface area (TPSA) is 833 Å².